The second-order valence-corrected chi connectivity index (χ2v) is 3.87. The number of benzene rings is 1. The molecule has 0 fully saturated rings. The van der Waals surface area contributed by atoms with Crippen LogP contribution in [0.15, 0.2) is 33.5 Å². The molecule has 0 atom stereocenters. The molecule has 0 saturated heterocycles. The zero-order chi connectivity index (χ0) is 12.3. The summed E-state index contributed by atoms with van der Waals surface area (Å²) >= 11 is 0. The lowest BCUT2D eigenvalue weighted by Gasteiger charge is -2.16. The predicted molar refractivity (Wildman–Crippen MR) is 66.9 cm³/mol. The summed E-state index contributed by atoms with van der Waals surface area (Å²) in [5.41, 5.74) is 0.392. The molecule has 2 rings (SSSR count). The lowest BCUT2D eigenvalue weighted by atomic mass is 10.2. The van der Waals surface area contributed by atoms with Crippen molar-refractivity contribution in [1.29, 1.82) is 0 Å². The summed E-state index contributed by atoms with van der Waals surface area (Å²) in [7, 11) is 0. The predicted octanol–water partition coefficient (Wildman–Crippen LogP) is 2.03. The first-order chi connectivity index (χ1) is 8.24. The molecule has 90 valence electrons. The third-order valence-electron chi connectivity index (χ3n) is 2.82. The molecule has 2 aromatic rings. The molecule has 0 N–H and O–H groups in total. The molecular formula is C13H16N2O2. The van der Waals surface area contributed by atoms with Crippen molar-refractivity contribution in [3.05, 3.63) is 40.5 Å². The zero-order valence-electron chi connectivity index (χ0n) is 10.1. The maximum absolute atomic E-state index is 11.8. The fraction of sp³-hybridized carbons (Fsp3) is 0.385. The average molecular weight is 232 g/mol. The third kappa shape index (κ3) is 2.53. The SMILES string of the molecule is CCN(CC)Cc1nc(=O)c2ccccc2o1. The lowest BCUT2D eigenvalue weighted by Crippen LogP contribution is -2.24. The Labute approximate surface area is 99.9 Å². The Bertz CT molecular complexity index is 559. The van der Waals surface area contributed by atoms with Gasteiger partial charge in [0.2, 0.25) is 5.89 Å². The summed E-state index contributed by atoms with van der Waals surface area (Å²) in [6, 6.07) is 7.19. The number of fused-ring (bicyclic) bond motifs is 1. The van der Waals surface area contributed by atoms with Gasteiger partial charge in [0.15, 0.2) is 0 Å². The van der Waals surface area contributed by atoms with Gasteiger partial charge in [-0.1, -0.05) is 26.0 Å². The van der Waals surface area contributed by atoms with Crippen molar-refractivity contribution in [3.8, 4) is 0 Å². The largest absolute Gasteiger partial charge is 0.441 e. The van der Waals surface area contributed by atoms with Crippen molar-refractivity contribution in [3.63, 3.8) is 0 Å². The fourth-order valence-corrected chi connectivity index (χ4v) is 1.76. The molecule has 0 spiro atoms. The van der Waals surface area contributed by atoms with Crippen molar-refractivity contribution in [2.24, 2.45) is 0 Å². The van der Waals surface area contributed by atoms with Crippen molar-refractivity contribution in [2.45, 2.75) is 20.4 Å². The van der Waals surface area contributed by atoms with Crippen LogP contribution >= 0.6 is 0 Å². The normalized spacial score (nSPS) is 11.2. The minimum absolute atomic E-state index is 0.214. The highest BCUT2D eigenvalue weighted by Crippen LogP contribution is 2.10. The number of aromatic nitrogens is 1. The van der Waals surface area contributed by atoms with Gasteiger partial charge < -0.3 is 4.42 Å². The van der Waals surface area contributed by atoms with Gasteiger partial charge in [-0.25, -0.2) is 0 Å². The zero-order valence-corrected chi connectivity index (χ0v) is 10.1. The molecule has 1 heterocycles. The van der Waals surface area contributed by atoms with Gasteiger partial charge in [0.05, 0.1) is 11.9 Å². The Morgan fingerprint density at radius 2 is 1.94 bits per heavy atom. The maximum Gasteiger partial charge on any atom is 0.283 e. The van der Waals surface area contributed by atoms with Gasteiger partial charge in [-0.15, -0.1) is 0 Å². The standard InChI is InChI=1S/C13H16N2O2/c1-3-15(4-2)9-12-14-13(16)10-7-5-6-8-11(10)17-12/h5-8H,3-4,9H2,1-2H3. The van der Waals surface area contributed by atoms with E-state index in [0.717, 1.165) is 13.1 Å². The van der Waals surface area contributed by atoms with Crippen molar-refractivity contribution in [1.82, 2.24) is 9.88 Å². The summed E-state index contributed by atoms with van der Waals surface area (Å²) < 4.78 is 5.62. The lowest BCUT2D eigenvalue weighted by molar-refractivity contribution is 0.262. The van der Waals surface area contributed by atoms with E-state index in [1.165, 1.54) is 0 Å². The molecule has 4 heteroatoms. The maximum atomic E-state index is 11.8. The van der Waals surface area contributed by atoms with Gasteiger partial charge in [0.1, 0.15) is 5.58 Å². The monoisotopic (exact) mass is 232 g/mol. The number of nitrogens with zero attached hydrogens (tertiary/aromatic N) is 2. The van der Waals surface area contributed by atoms with E-state index in [2.05, 4.69) is 23.7 Å². The number of rotatable bonds is 4. The molecular weight excluding hydrogens is 216 g/mol. The van der Waals surface area contributed by atoms with Crippen LogP contribution in [0.1, 0.15) is 19.7 Å². The van der Waals surface area contributed by atoms with E-state index in [1.807, 2.05) is 12.1 Å². The molecule has 1 aromatic heterocycles. The molecule has 0 aliphatic carbocycles. The van der Waals surface area contributed by atoms with Crippen LogP contribution < -0.4 is 5.56 Å². The Balaban J connectivity index is 2.40. The Kier molecular flexibility index (Phi) is 3.54. The van der Waals surface area contributed by atoms with Crippen LogP contribution in [0.5, 0.6) is 0 Å². The number of hydrogen-bond donors (Lipinski definition) is 0. The molecule has 0 aliphatic rings. The summed E-state index contributed by atoms with van der Waals surface area (Å²) in [4.78, 5) is 17.9. The molecule has 0 unspecified atom stereocenters. The molecule has 17 heavy (non-hydrogen) atoms. The Morgan fingerprint density at radius 3 is 2.65 bits per heavy atom. The van der Waals surface area contributed by atoms with Crippen LogP contribution in [-0.2, 0) is 6.54 Å². The van der Waals surface area contributed by atoms with Crippen molar-refractivity contribution in [2.75, 3.05) is 13.1 Å². The molecule has 4 nitrogen and oxygen atoms in total. The van der Waals surface area contributed by atoms with E-state index in [9.17, 15) is 4.79 Å². The van der Waals surface area contributed by atoms with Gasteiger partial charge in [-0.2, -0.15) is 4.98 Å². The third-order valence-corrected chi connectivity index (χ3v) is 2.82. The fourth-order valence-electron chi connectivity index (χ4n) is 1.76. The summed E-state index contributed by atoms with van der Waals surface area (Å²) in [5, 5.41) is 0.538. The van der Waals surface area contributed by atoms with Crippen molar-refractivity contribution >= 4 is 11.0 Å². The van der Waals surface area contributed by atoms with Crippen LogP contribution in [-0.4, -0.2) is 23.0 Å². The second kappa shape index (κ2) is 5.10. The topological polar surface area (TPSA) is 46.3 Å². The van der Waals surface area contributed by atoms with Gasteiger partial charge in [0, 0.05) is 0 Å². The molecule has 0 radical (unpaired) electrons. The van der Waals surface area contributed by atoms with Crippen molar-refractivity contribution < 1.29 is 4.42 Å². The van der Waals surface area contributed by atoms with E-state index in [0.29, 0.717) is 23.4 Å². The highest BCUT2D eigenvalue weighted by molar-refractivity contribution is 5.74. The van der Waals surface area contributed by atoms with E-state index < -0.39 is 0 Å². The van der Waals surface area contributed by atoms with Crippen LogP contribution in [0.2, 0.25) is 0 Å². The second-order valence-electron chi connectivity index (χ2n) is 3.87. The average Bonchev–Trinajstić information content (AvgIpc) is 2.36. The Hall–Kier alpha value is -1.68. The van der Waals surface area contributed by atoms with Gasteiger partial charge >= 0.3 is 0 Å². The first kappa shape index (κ1) is 11.8. The summed E-state index contributed by atoms with van der Waals surface area (Å²) in [6.45, 7) is 6.54. The van der Waals surface area contributed by atoms with E-state index >= 15 is 0 Å². The number of hydrogen-bond acceptors (Lipinski definition) is 4. The van der Waals surface area contributed by atoms with Crippen LogP contribution in [0.25, 0.3) is 11.0 Å². The minimum Gasteiger partial charge on any atom is -0.441 e. The van der Waals surface area contributed by atoms with E-state index in [4.69, 9.17) is 4.42 Å². The molecule has 0 bridgehead atoms. The Morgan fingerprint density at radius 1 is 1.24 bits per heavy atom. The van der Waals surface area contributed by atoms with Crippen LogP contribution in [0.3, 0.4) is 0 Å². The van der Waals surface area contributed by atoms with Crippen LogP contribution in [0.4, 0.5) is 0 Å². The minimum atomic E-state index is -0.214. The van der Waals surface area contributed by atoms with Gasteiger partial charge in [0.25, 0.3) is 5.56 Å². The molecule has 0 amide bonds. The van der Waals surface area contributed by atoms with Crippen LogP contribution in [0, 0.1) is 0 Å². The quantitative estimate of drug-likeness (QED) is 0.809. The van der Waals surface area contributed by atoms with Gasteiger partial charge in [-0.05, 0) is 25.2 Å². The summed E-state index contributed by atoms with van der Waals surface area (Å²) in [5.74, 6) is 0.484. The summed E-state index contributed by atoms with van der Waals surface area (Å²) in [6.07, 6.45) is 0. The van der Waals surface area contributed by atoms with E-state index in [1.54, 1.807) is 12.1 Å². The smallest absolute Gasteiger partial charge is 0.283 e. The molecule has 1 aromatic carbocycles. The first-order valence-electron chi connectivity index (χ1n) is 5.85. The highest BCUT2D eigenvalue weighted by atomic mass is 16.3. The highest BCUT2D eigenvalue weighted by Gasteiger charge is 2.08. The molecule has 0 saturated carbocycles. The number of para-hydroxylation sites is 1. The van der Waals surface area contributed by atoms with Gasteiger partial charge in [-0.3, -0.25) is 9.69 Å². The molecule has 0 aliphatic heterocycles. The van der Waals surface area contributed by atoms with E-state index in [-0.39, 0.29) is 5.56 Å². The first-order valence-corrected chi connectivity index (χ1v) is 5.85.